The second kappa shape index (κ2) is 10.2. The van der Waals surface area contributed by atoms with Gasteiger partial charge in [-0.2, -0.15) is 0 Å². The normalized spacial score (nSPS) is 16.4. The Balaban J connectivity index is 1.71. The van der Waals surface area contributed by atoms with Crippen molar-refractivity contribution in [1.82, 2.24) is 0 Å². The molecule has 1 aliphatic heterocycles. The van der Waals surface area contributed by atoms with E-state index in [4.69, 9.17) is 4.99 Å². The summed E-state index contributed by atoms with van der Waals surface area (Å²) >= 11 is 1.43. The second-order valence-corrected chi connectivity index (χ2v) is 9.52. The van der Waals surface area contributed by atoms with Gasteiger partial charge >= 0.3 is 0 Å². The molecule has 0 atom stereocenters. The minimum absolute atomic E-state index is 0.0406. The number of benzene rings is 3. The first kappa shape index (κ1) is 23.1. The molecule has 0 radical (unpaired) electrons. The zero-order valence-electron chi connectivity index (χ0n) is 19.7. The van der Waals surface area contributed by atoms with Gasteiger partial charge in [0.15, 0.2) is 5.17 Å². The van der Waals surface area contributed by atoms with Crippen LogP contribution in [0.25, 0.3) is 6.08 Å². The molecule has 0 N–H and O–H groups in total. The highest BCUT2D eigenvalue weighted by atomic mass is 32.2. The molecule has 0 unspecified atom stereocenters. The number of amidine groups is 1. The molecular formula is C29H30N2OS. The Morgan fingerprint density at radius 1 is 0.848 bits per heavy atom. The molecule has 1 fully saturated rings. The molecule has 168 valence electrons. The van der Waals surface area contributed by atoms with E-state index in [9.17, 15) is 4.79 Å². The lowest BCUT2D eigenvalue weighted by Crippen LogP contribution is -2.28. The third kappa shape index (κ3) is 5.28. The van der Waals surface area contributed by atoms with E-state index in [0.717, 1.165) is 29.8 Å². The Morgan fingerprint density at radius 3 is 1.97 bits per heavy atom. The first-order chi connectivity index (χ1) is 16.0. The Bertz CT molecular complexity index is 1170. The van der Waals surface area contributed by atoms with Crippen molar-refractivity contribution in [2.24, 2.45) is 4.99 Å². The molecule has 0 spiro atoms. The van der Waals surface area contributed by atoms with Crippen LogP contribution in [0.2, 0.25) is 0 Å². The highest BCUT2D eigenvalue weighted by Crippen LogP contribution is 2.37. The van der Waals surface area contributed by atoms with Crippen LogP contribution in [-0.4, -0.2) is 11.1 Å². The first-order valence-electron chi connectivity index (χ1n) is 11.6. The van der Waals surface area contributed by atoms with E-state index in [1.807, 2.05) is 30.3 Å². The molecule has 1 amide bonds. The SMILES string of the molecule is CCc1ccc(N=C2SC(=Cc3ccc(C(C)C)cc3)C(=O)N2c2ccc(CC)cc2)cc1. The predicted molar refractivity (Wildman–Crippen MR) is 142 cm³/mol. The topological polar surface area (TPSA) is 32.7 Å². The smallest absolute Gasteiger partial charge is 0.268 e. The monoisotopic (exact) mass is 454 g/mol. The van der Waals surface area contributed by atoms with Crippen LogP contribution < -0.4 is 4.90 Å². The summed E-state index contributed by atoms with van der Waals surface area (Å²) in [5, 5.41) is 0.679. The number of hydrogen-bond donors (Lipinski definition) is 0. The van der Waals surface area contributed by atoms with Gasteiger partial charge in [0, 0.05) is 0 Å². The number of nitrogens with zero attached hydrogens (tertiary/aromatic N) is 2. The first-order valence-corrected chi connectivity index (χ1v) is 12.4. The summed E-state index contributed by atoms with van der Waals surface area (Å²) in [6.07, 6.45) is 3.92. The molecule has 3 aromatic rings. The van der Waals surface area contributed by atoms with Gasteiger partial charge in [0.25, 0.3) is 5.91 Å². The maximum absolute atomic E-state index is 13.5. The number of thioether (sulfide) groups is 1. The molecule has 0 aliphatic carbocycles. The molecule has 33 heavy (non-hydrogen) atoms. The van der Waals surface area contributed by atoms with Gasteiger partial charge in [-0.25, -0.2) is 4.99 Å². The van der Waals surface area contributed by atoms with Crippen molar-refractivity contribution in [2.45, 2.75) is 46.5 Å². The summed E-state index contributed by atoms with van der Waals surface area (Å²) in [7, 11) is 0. The van der Waals surface area contributed by atoms with Crippen molar-refractivity contribution in [1.29, 1.82) is 0 Å². The maximum atomic E-state index is 13.5. The number of hydrogen-bond acceptors (Lipinski definition) is 3. The number of amides is 1. The van der Waals surface area contributed by atoms with Crippen LogP contribution >= 0.6 is 11.8 Å². The average molecular weight is 455 g/mol. The van der Waals surface area contributed by atoms with Crippen LogP contribution in [0, 0.1) is 0 Å². The van der Waals surface area contributed by atoms with E-state index in [2.05, 4.69) is 76.2 Å². The van der Waals surface area contributed by atoms with Gasteiger partial charge < -0.3 is 0 Å². The number of aryl methyl sites for hydroxylation is 2. The zero-order valence-corrected chi connectivity index (χ0v) is 20.5. The third-order valence-electron chi connectivity index (χ3n) is 5.88. The number of rotatable bonds is 6. The van der Waals surface area contributed by atoms with E-state index in [1.165, 1.54) is 28.5 Å². The van der Waals surface area contributed by atoms with Crippen LogP contribution in [0.4, 0.5) is 11.4 Å². The number of aliphatic imine (C=N–C) groups is 1. The largest absolute Gasteiger partial charge is 0.271 e. The number of anilines is 1. The van der Waals surface area contributed by atoms with Gasteiger partial charge in [0.2, 0.25) is 0 Å². The van der Waals surface area contributed by atoms with Crippen molar-refractivity contribution in [3.8, 4) is 0 Å². The lowest BCUT2D eigenvalue weighted by Gasteiger charge is -2.16. The molecule has 1 saturated heterocycles. The van der Waals surface area contributed by atoms with Crippen molar-refractivity contribution in [3.63, 3.8) is 0 Å². The van der Waals surface area contributed by atoms with Gasteiger partial charge in [0.1, 0.15) is 0 Å². The van der Waals surface area contributed by atoms with Gasteiger partial charge in [-0.15, -0.1) is 0 Å². The van der Waals surface area contributed by atoms with Crippen molar-refractivity contribution in [2.75, 3.05) is 4.90 Å². The fourth-order valence-electron chi connectivity index (χ4n) is 3.70. The minimum Gasteiger partial charge on any atom is -0.268 e. The third-order valence-corrected chi connectivity index (χ3v) is 6.85. The van der Waals surface area contributed by atoms with Crippen LogP contribution in [-0.2, 0) is 17.6 Å². The fraction of sp³-hybridized carbons (Fsp3) is 0.241. The van der Waals surface area contributed by atoms with Crippen LogP contribution in [0.15, 0.2) is 82.7 Å². The van der Waals surface area contributed by atoms with Crippen molar-refractivity contribution < 1.29 is 4.79 Å². The molecule has 3 aromatic carbocycles. The highest BCUT2D eigenvalue weighted by molar-refractivity contribution is 8.19. The molecule has 0 saturated carbocycles. The molecular weight excluding hydrogens is 424 g/mol. The summed E-state index contributed by atoms with van der Waals surface area (Å²) in [5.41, 5.74) is 6.51. The standard InChI is InChI=1S/C29H30N2OS/c1-5-21-9-15-25(16-10-21)30-29-31(26-17-11-22(6-2)12-18-26)28(32)27(33-29)19-23-7-13-24(14-8-23)20(3)4/h7-20H,5-6H2,1-4H3. The molecule has 4 rings (SSSR count). The molecule has 0 bridgehead atoms. The summed E-state index contributed by atoms with van der Waals surface area (Å²) < 4.78 is 0. The van der Waals surface area contributed by atoms with Gasteiger partial charge in [-0.1, -0.05) is 76.2 Å². The lowest BCUT2D eigenvalue weighted by atomic mass is 10.0. The Labute approximate surface area is 201 Å². The highest BCUT2D eigenvalue weighted by Gasteiger charge is 2.34. The summed E-state index contributed by atoms with van der Waals surface area (Å²) in [4.78, 5) is 20.8. The quantitative estimate of drug-likeness (QED) is 0.357. The Morgan fingerprint density at radius 2 is 1.42 bits per heavy atom. The molecule has 0 aromatic heterocycles. The molecule has 1 aliphatic rings. The molecule has 4 heteroatoms. The lowest BCUT2D eigenvalue weighted by molar-refractivity contribution is -0.113. The van der Waals surface area contributed by atoms with Crippen molar-refractivity contribution >= 4 is 40.3 Å². The second-order valence-electron chi connectivity index (χ2n) is 8.51. The maximum Gasteiger partial charge on any atom is 0.271 e. The molecule has 3 nitrogen and oxygen atoms in total. The van der Waals surface area contributed by atoms with Gasteiger partial charge in [-0.05, 0) is 83.1 Å². The average Bonchev–Trinajstić information content (AvgIpc) is 3.14. The number of carbonyl (C=O) groups excluding carboxylic acids is 1. The summed E-state index contributed by atoms with van der Waals surface area (Å²) in [6.45, 7) is 8.63. The van der Waals surface area contributed by atoms with Crippen LogP contribution in [0.3, 0.4) is 0 Å². The predicted octanol–water partition coefficient (Wildman–Crippen LogP) is 7.74. The van der Waals surface area contributed by atoms with E-state index >= 15 is 0 Å². The fourth-order valence-corrected chi connectivity index (χ4v) is 4.70. The van der Waals surface area contributed by atoms with Crippen molar-refractivity contribution in [3.05, 3.63) is 100.0 Å². The van der Waals surface area contributed by atoms with E-state index in [1.54, 1.807) is 4.90 Å². The summed E-state index contributed by atoms with van der Waals surface area (Å²) in [6, 6.07) is 24.8. The van der Waals surface area contributed by atoms with Gasteiger partial charge in [0.05, 0.1) is 16.3 Å². The van der Waals surface area contributed by atoms with Gasteiger partial charge in [-0.3, -0.25) is 9.69 Å². The zero-order chi connectivity index (χ0) is 23.4. The van der Waals surface area contributed by atoms with Crippen LogP contribution in [0.5, 0.6) is 0 Å². The Hall–Kier alpha value is -3.11. The van der Waals surface area contributed by atoms with E-state index < -0.39 is 0 Å². The van der Waals surface area contributed by atoms with Crippen LogP contribution in [0.1, 0.15) is 55.9 Å². The van der Waals surface area contributed by atoms with E-state index in [-0.39, 0.29) is 5.91 Å². The molecule has 1 heterocycles. The van der Waals surface area contributed by atoms with E-state index in [0.29, 0.717) is 16.0 Å². The summed E-state index contributed by atoms with van der Waals surface area (Å²) in [5.74, 6) is 0.440. The minimum atomic E-state index is -0.0406. The Kier molecular flexibility index (Phi) is 7.14. The number of carbonyl (C=O) groups is 1.